The summed E-state index contributed by atoms with van der Waals surface area (Å²) in [7, 11) is 0. The molecular formula is C17H16ClNO4. The van der Waals surface area contributed by atoms with Crippen molar-refractivity contribution in [2.75, 3.05) is 6.61 Å². The van der Waals surface area contributed by atoms with Gasteiger partial charge in [-0.3, -0.25) is 4.79 Å². The van der Waals surface area contributed by atoms with Crippen LogP contribution in [0.3, 0.4) is 0 Å². The van der Waals surface area contributed by atoms with Gasteiger partial charge in [0.2, 0.25) is 0 Å². The van der Waals surface area contributed by atoms with Crippen molar-refractivity contribution in [1.29, 1.82) is 0 Å². The van der Waals surface area contributed by atoms with Gasteiger partial charge in [-0.2, -0.15) is 0 Å². The number of benzene rings is 2. The fraction of sp³-hybridized carbons (Fsp3) is 0.176. The Hall–Kier alpha value is -2.37. The van der Waals surface area contributed by atoms with Gasteiger partial charge in [-0.15, -0.1) is 0 Å². The quantitative estimate of drug-likeness (QED) is 0.649. The van der Waals surface area contributed by atoms with Gasteiger partial charge < -0.3 is 15.2 Å². The van der Waals surface area contributed by atoms with Crippen molar-refractivity contribution in [3.8, 4) is 0 Å². The molecule has 0 heterocycles. The highest BCUT2D eigenvalue weighted by molar-refractivity contribution is 6.61. The van der Waals surface area contributed by atoms with Gasteiger partial charge in [-0.25, -0.2) is 4.79 Å². The number of nitrogens with two attached hydrogens (primary N) is 1. The molecule has 6 heteroatoms. The Labute approximate surface area is 139 Å². The van der Waals surface area contributed by atoms with Crippen LogP contribution in [0.5, 0.6) is 0 Å². The standard InChI is InChI=1S/C17H16ClNO4/c18-17(21)22-11-14(19)16(20)23-15(12-7-3-1-4-8-12)13-9-5-2-6-10-13/h1-10,14-15H,11,19H2. The number of halogens is 1. The molecule has 0 saturated heterocycles. The molecule has 120 valence electrons. The summed E-state index contributed by atoms with van der Waals surface area (Å²) in [5.74, 6) is -0.680. The van der Waals surface area contributed by atoms with Crippen molar-refractivity contribution in [2.24, 2.45) is 5.73 Å². The summed E-state index contributed by atoms with van der Waals surface area (Å²) in [6.45, 7) is -0.336. The Morgan fingerprint density at radius 2 is 1.43 bits per heavy atom. The molecule has 0 aromatic heterocycles. The largest absolute Gasteiger partial charge is 0.451 e. The number of hydrogen-bond donors (Lipinski definition) is 1. The lowest BCUT2D eigenvalue weighted by Crippen LogP contribution is -2.37. The smallest absolute Gasteiger partial charge is 0.403 e. The molecule has 2 aromatic carbocycles. The minimum Gasteiger partial charge on any atom is -0.451 e. The maximum Gasteiger partial charge on any atom is 0.403 e. The topological polar surface area (TPSA) is 78.6 Å². The van der Waals surface area contributed by atoms with E-state index in [1.165, 1.54) is 0 Å². The van der Waals surface area contributed by atoms with E-state index >= 15 is 0 Å². The van der Waals surface area contributed by atoms with Crippen LogP contribution in [-0.2, 0) is 14.3 Å². The molecular weight excluding hydrogens is 318 g/mol. The third-order valence-corrected chi connectivity index (χ3v) is 3.23. The summed E-state index contributed by atoms with van der Waals surface area (Å²) in [4.78, 5) is 22.7. The van der Waals surface area contributed by atoms with Gasteiger partial charge in [0.1, 0.15) is 12.6 Å². The van der Waals surface area contributed by atoms with E-state index in [-0.39, 0.29) is 6.61 Å². The lowest BCUT2D eigenvalue weighted by atomic mass is 10.0. The number of esters is 1. The summed E-state index contributed by atoms with van der Waals surface area (Å²) in [5.41, 5.74) is 6.27. The summed E-state index contributed by atoms with van der Waals surface area (Å²) in [6.07, 6.45) is -0.595. The van der Waals surface area contributed by atoms with Crippen LogP contribution in [0.4, 0.5) is 4.79 Å². The Balaban J connectivity index is 2.15. The van der Waals surface area contributed by atoms with Crippen LogP contribution in [0.25, 0.3) is 0 Å². The molecule has 0 radical (unpaired) electrons. The van der Waals surface area contributed by atoms with E-state index in [4.69, 9.17) is 22.1 Å². The molecule has 2 rings (SSSR count). The summed E-state index contributed by atoms with van der Waals surface area (Å²) in [5, 5.41) is 0. The minimum absolute atomic E-state index is 0.336. The normalized spacial score (nSPS) is 11.8. The van der Waals surface area contributed by atoms with Crippen LogP contribution >= 0.6 is 11.6 Å². The third-order valence-electron chi connectivity index (χ3n) is 3.12. The zero-order chi connectivity index (χ0) is 16.7. The van der Waals surface area contributed by atoms with Gasteiger partial charge in [0, 0.05) is 11.6 Å². The highest BCUT2D eigenvalue weighted by Gasteiger charge is 2.23. The lowest BCUT2D eigenvalue weighted by Gasteiger charge is -2.21. The lowest BCUT2D eigenvalue weighted by molar-refractivity contribution is -0.150. The molecule has 0 aliphatic carbocycles. The Morgan fingerprint density at radius 1 is 0.957 bits per heavy atom. The first kappa shape index (κ1) is 17.0. The van der Waals surface area contributed by atoms with Gasteiger partial charge >= 0.3 is 11.4 Å². The van der Waals surface area contributed by atoms with Gasteiger partial charge in [0.25, 0.3) is 0 Å². The van der Waals surface area contributed by atoms with Crippen LogP contribution in [0.15, 0.2) is 60.7 Å². The molecule has 0 aliphatic heterocycles. The molecule has 0 spiro atoms. The van der Waals surface area contributed by atoms with Crippen LogP contribution in [0.1, 0.15) is 17.2 Å². The molecule has 2 aromatic rings. The Kier molecular flexibility index (Phi) is 6.14. The minimum atomic E-state index is -1.10. The average Bonchev–Trinajstić information content (AvgIpc) is 2.58. The van der Waals surface area contributed by atoms with E-state index in [1.807, 2.05) is 60.7 Å². The monoisotopic (exact) mass is 333 g/mol. The van der Waals surface area contributed by atoms with E-state index in [2.05, 4.69) is 4.74 Å². The summed E-state index contributed by atoms with van der Waals surface area (Å²) < 4.78 is 10.0. The number of hydrogen-bond acceptors (Lipinski definition) is 5. The van der Waals surface area contributed by atoms with Crippen LogP contribution in [-0.4, -0.2) is 24.0 Å². The van der Waals surface area contributed by atoms with E-state index in [0.717, 1.165) is 11.1 Å². The average molecular weight is 334 g/mol. The van der Waals surface area contributed by atoms with Crippen LogP contribution < -0.4 is 5.73 Å². The SMILES string of the molecule is NC(COC(=O)Cl)C(=O)OC(c1ccccc1)c1ccccc1. The fourth-order valence-corrected chi connectivity index (χ4v) is 2.07. The van der Waals surface area contributed by atoms with Crippen molar-refractivity contribution in [3.05, 3.63) is 71.8 Å². The van der Waals surface area contributed by atoms with Crippen molar-refractivity contribution < 1.29 is 19.1 Å². The fourth-order valence-electron chi connectivity index (χ4n) is 2.01. The molecule has 2 N–H and O–H groups in total. The highest BCUT2D eigenvalue weighted by Crippen LogP contribution is 2.26. The van der Waals surface area contributed by atoms with Crippen LogP contribution in [0, 0.1) is 0 Å². The van der Waals surface area contributed by atoms with Crippen molar-refractivity contribution in [1.82, 2.24) is 0 Å². The second kappa shape index (κ2) is 8.31. The van der Waals surface area contributed by atoms with Crippen molar-refractivity contribution in [3.63, 3.8) is 0 Å². The number of ether oxygens (including phenoxy) is 2. The molecule has 1 unspecified atom stereocenters. The van der Waals surface area contributed by atoms with E-state index < -0.39 is 23.5 Å². The second-order valence-electron chi connectivity index (χ2n) is 4.79. The van der Waals surface area contributed by atoms with Crippen LogP contribution in [0.2, 0.25) is 0 Å². The first-order chi connectivity index (χ1) is 11.1. The summed E-state index contributed by atoms with van der Waals surface area (Å²) in [6, 6.07) is 17.5. The van der Waals surface area contributed by atoms with Crippen molar-refractivity contribution >= 4 is 23.0 Å². The molecule has 1 atom stereocenters. The molecule has 0 fully saturated rings. The zero-order valence-corrected chi connectivity index (χ0v) is 13.0. The molecule has 0 bridgehead atoms. The second-order valence-corrected chi connectivity index (χ2v) is 5.10. The molecule has 0 amide bonds. The maximum absolute atomic E-state index is 12.1. The number of carbonyl (C=O) groups is 2. The predicted molar refractivity (Wildman–Crippen MR) is 86.0 cm³/mol. The third kappa shape index (κ3) is 5.09. The van der Waals surface area contributed by atoms with E-state index in [9.17, 15) is 9.59 Å². The molecule has 0 saturated carbocycles. The van der Waals surface area contributed by atoms with Gasteiger partial charge in [0.05, 0.1) is 0 Å². The van der Waals surface area contributed by atoms with Gasteiger partial charge in [-0.05, 0) is 11.1 Å². The highest BCUT2D eigenvalue weighted by atomic mass is 35.5. The van der Waals surface area contributed by atoms with Gasteiger partial charge in [0.15, 0.2) is 6.10 Å². The molecule has 0 aliphatic rings. The zero-order valence-electron chi connectivity index (χ0n) is 12.2. The van der Waals surface area contributed by atoms with Crippen molar-refractivity contribution in [2.45, 2.75) is 12.1 Å². The molecule has 5 nitrogen and oxygen atoms in total. The first-order valence-corrected chi connectivity index (χ1v) is 7.34. The number of carbonyl (C=O) groups excluding carboxylic acids is 2. The first-order valence-electron chi connectivity index (χ1n) is 6.96. The van der Waals surface area contributed by atoms with Gasteiger partial charge in [-0.1, -0.05) is 60.7 Å². The molecule has 23 heavy (non-hydrogen) atoms. The van der Waals surface area contributed by atoms with E-state index in [0.29, 0.717) is 0 Å². The summed E-state index contributed by atoms with van der Waals surface area (Å²) >= 11 is 5.06. The Bertz CT molecular complexity index is 609. The van der Waals surface area contributed by atoms with E-state index in [1.54, 1.807) is 0 Å². The predicted octanol–water partition coefficient (Wildman–Crippen LogP) is 3.02. The maximum atomic E-state index is 12.1. The Morgan fingerprint density at radius 3 is 1.87 bits per heavy atom. The number of rotatable bonds is 6.